The number of carbonyl (C=O) groups is 1. The van der Waals surface area contributed by atoms with E-state index in [1.165, 1.54) is 6.07 Å². The minimum Gasteiger partial charge on any atom is -0.466 e. The summed E-state index contributed by atoms with van der Waals surface area (Å²) in [6.45, 7) is 2.53. The number of aryl methyl sites for hydroxylation is 1. The van der Waals surface area contributed by atoms with Crippen LogP contribution in [-0.2, 0) is 22.3 Å². The summed E-state index contributed by atoms with van der Waals surface area (Å²) >= 11 is 0. The monoisotopic (exact) mass is 505 g/mol. The number of aromatic nitrogens is 3. The van der Waals surface area contributed by atoms with Crippen molar-refractivity contribution in [2.24, 2.45) is 0 Å². The summed E-state index contributed by atoms with van der Waals surface area (Å²) < 4.78 is 54.1. The standard InChI is InChI=1S/C28H22F3N3O3/c1-2-36-25(35)14-16-34-15-13-21-22(9-6-10-24(21)34)26-32-27(37-33-26)19-11-12-20(18-7-4-3-5-8-18)23(17-19)28(29,30)31/h3-13,15,17H,2,14,16H2,1H3. The van der Waals surface area contributed by atoms with E-state index < -0.39 is 11.7 Å². The summed E-state index contributed by atoms with van der Waals surface area (Å²) in [5.74, 6) is -0.0388. The molecule has 0 aliphatic carbocycles. The van der Waals surface area contributed by atoms with Gasteiger partial charge in [-0.25, -0.2) is 0 Å². The number of alkyl halides is 3. The van der Waals surface area contributed by atoms with Crippen LogP contribution in [0.15, 0.2) is 83.5 Å². The molecule has 0 N–H and O–H groups in total. The van der Waals surface area contributed by atoms with Gasteiger partial charge in [0.2, 0.25) is 5.82 Å². The van der Waals surface area contributed by atoms with Gasteiger partial charge in [-0.3, -0.25) is 4.79 Å². The van der Waals surface area contributed by atoms with E-state index in [0.29, 0.717) is 24.3 Å². The number of carbonyl (C=O) groups excluding carboxylic acids is 1. The molecule has 0 saturated heterocycles. The fourth-order valence-electron chi connectivity index (χ4n) is 4.29. The Labute approximate surface area is 210 Å². The quantitative estimate of drug-likeness (QED) is 0.223. The first-order valence-corrected chi connectivity index (χ1v) is 11.7. The molecule has 0 atom stereocenters. The molecule has 0 radical (unpaired) electrons. The van der Waals surface area contributed by atoms with E-state index in [1.807, 2.05) is 35.0 Å². The Morgan fingerprint density at radius 2 is 1.78 bits per heavy atom. The van der Waals surface area contributed by atoms with Crippen LogP contribution in [0.2, 0.25) is 0 Å². The van der Waals surface area contributed by atoms with Crippen molar-refractivity contribution in [3.63, 3.8) is 0 Å². The summed E-state index contributed by atoms with van der Waals surface area (Å²) in [7, 11) is 0. The van der Waals surface area contributed by atoms with E-state index in [9.17, 15) is 18.0 Å². The summed E-state index contributed by atoms with van der Waals surface area (Å²) in [6, 6.07) is 19.8. The van der Waals surface area contributed by atoms with Gasteiger partial charge < -0.3 is 13.8 Å². The first-order valence-electron chi connectivity index (χ1n) is 11.7. The van der Waals surface area contributed by atoms with Crippen LogP contribution < -0.4 is 0 Å². The van der Waals surface area contributed by atoms with Gasteiger partial charge in [-0.15, -0.1) is 0 Å². The second-order valence-corrected chi connectivity index (χ2v) is 8.35. The third-order valence-corrected chi connectivity index (χ3v) is 6.00. The average molecular weight is 505 g/mol. The molecule has 188 valence electrons. The molecule has 0 amide bonds. The number of benzene rings is 3. The Balaban J connectivity index is 1.48. The molecule has 0 saturated carbocycles. The van der Waals surface area contributed by atoms with Crippen LogP contribution in [0.1, 0.15) is 18.9 Å². The molecule has 5 rings (SSSR count). The highest BCUT2D eigenvalue weighted by molar-refractivity contribution is 5.94. The van der Waals surface area contributed by atoms with Gasteiger partial charge in [-0.05, 0) is 42.3 Å². The average Bonchev–Trinajstić information content (AvgIpc) is 3.55. The zero-order valence-corrected chi connectivity index (χ0v) is 19.8. The highest BCUT2D eigenvalue weighted by Gasteiger charge is 2.34. The molecule has 9 heteroatoms. The van der Waals surface area contributed by atoms with Crippen molar-refractivity contribution < 1.29 is 27.2 Å². The molecule has 0 aliphatic heterocycles. The zero-order valence-electron chi connectivity index (χ0n) is 19.8. The first kappa shape index (κ1) is 24.3. The van der Waals surface area contributed by atoms with Crippen molar-refractivity contribution in [1.29, 1.82) is 0 Å². The lowest BCUT2D eigenvalue weighted by Crippen LogP contribution is -2.08. The van der Waals surface area contributed by atoms with Crippen LogP contribution in [-0.4, -0.2) is 27.3 Å². The number of halogens is 3. The van der Waals surface area contributed by atoms with Crippen molar-refractivity contribution in [1.82, 2.24) is 14.7 Å². The van der Waals surface area contributed by atoms with Gasteiger partial charge in [0, 0.05) is 34.8 Å². The molecule has 3 aromatic carbocycles. The predicted octanol–water partition coefficient (Wildman–Crippen LogP) is 7.00. The molecule has 2 heterocycles. The van der Waals surface area contributed by atoms with Gasteiger partial charge in [0.25, 0.3) is 5.89 Å². The maximum absolute atomic E-state index is 13.9. The number of esters is 1. The molecule has 0 unspecified atom stereocenters. The van der Waals surface area contributed by atoms with E-state index in [2.05, 4.69) is 10.1 Å². The van der Waals surface area contributed by atoms with Crippen molar-refractivity contribution >= 4 is 16.9 Å². The lowest BCUT2D eigenvalue weighted by molar-refractivity contribution is -0.143. The topological polar surface area (TPSA) is 70.2 Å². The van der Waals surface area contributed by atoms with E-state index in [4.69, 9.17) is 9.26 Å². The summed E-state index contributed by atoms with van der Waals surface area (Å²) in [5.41, 5.74) is 1.46. The van der Waals surface area contributed by atoms with Gasteiger partial charge >= 0.3 is 12.1 Å². The molecule has 0 bridgehead atoms. The molecule has 0 fully saturated rings. The molecular weight excluding hydrogens is 483 g/mol. The van der Waals surface area contributed by atoms with Crippen molar-refractivity contribution in [2.45, 2.75) is 26.1 Å². The number of rotatable bonds is 7. The Morgan fingerprint density at radius 3 is 2.54 bits per heavy atom. The SMILES string of the molecule is CCOC(=O)CCn1ccc2c(-c3noc(-c4ccc(-c5ccccc5)c(C(F)(F)F)c4)n3)cccc21. The lowest BCUT2D eigenvalue weighted by Gasteiger charge is -2.14. The van der Waals surface area contributed by atoms with Gasteiger partial charge in [0.15, 0.2) is 0 Å². The fourth-order valence-corrected chi connectivity index (χ4v) is 4.29. The maximum atomic E-state index is 13.9. The second-order valence-electron chi connectivity index (χ2n) is 8.35. The van der Waals surface area contributed by atoms with Crippen LogP contribution in [0.25, 0.3) is 44.9 Å². The third kappa shape index (κ3) is 4.97. The zero-order chi connectivity index (χ0) is 26.0. The Hall–Kier alpha value is -4.40. The minimum atomic E-state index is -4.57. The number of hydrogen-bond acceptors (Lipinski definition) is 5. The van der Waals surface area contributed by atoms with E-state index >= 15 is 0 Å². The Morgan fingerprint density at radius 1 is 0.973 bits per heavy atom. The minimum absolute atomic E-state index is 0.0149. The predicted molar refractivity (Wildman–Crippen MR) is 132 cm³/mol. The van der Waals surface area contributed by atoms with Crippen LogP contribution in [0.4, 0.5) is 13.2 Å². The van der Waals surface area contributed by atoms with E-state index in [-0.39, 0.29) is 35.2 Å². The van der Waals surface area contributed by atoms with Gasteiger partial charge in [-0.1, -0.05) is 53.7 Å². The molecule has 2 aromatic heterocycles. The molecule has 0 aliphatic rings. The number of nitrogens with zero attached hydrogens (tertiary/aromatic N) is 3. The first-order chi connectivity index (χ1) is 17.8. The number of hydrogen-bond donors (Lipinski definition) is 0. The van der Waals surface area contributed by atoms with Gasteiger partial charge in [0.05, 0.1) is 18.6 Å². The maximum Gasteiger partial charge on any atom is 0.417 e. The Bertz CT molecular complexity index is 1560. The van der Waals surface area contributed by atoms with E-state index in [0.717, 1.165) is 17.0 Å². The molecule has 6 nitrogen and oxygen atoms in total. The molecule has 5 aromatic rings. The van der Waals surface area contributed by atoms with Crippen LogP contribution in [0, 0.1) is 0 Å². The van der Waals surface area contributed by atoms with Crippen LogP contribution >= 0.6 is 0 Å². The Kier molecular flexibility index (Phi) is 6.52. The van der Waals surface area contributed by atoms with Crippen molar-refractivity contribution in [3.05, 3.63) is 84.6 Å². The summed E-state index contributed by atoms with van der Waals surface area (Å²) in [5, 5.41) is 4.87. The molecular formula is C28H22F3N3O3. The van der Waals surface area contributed by atoms with Crippen LogP contribution in [0.3, 0.4) is 0 Å². The summed E-state index contributed by atoms with van der Waals surface area (Å²) in [4.78, 5) is 16.2. The second kappa shape index (κ2) is 9.93. The van der Waals surface area contributed by atoms with Gasteiger partial charge in [-0.2, -0.15) is 18.2 Å². The van der Waals surface area contributed by atoms with Crippen molar-refractivity contribution in [2.75, 3.05) is 6.61 Å². The van der Waals surface area contributed by atoms with Crippen LogP contribution in [0.5, 0.6) is 0 Å². The largest absolute Gasteiger partial charge is 0.466 e. The highest BCUT2D eigenvalue weighted by Crippen LogP contribution is 2.39. The fraction of sp³-hybridized carbons (Fsp3) is 0.179. The lowest BCUT2D eigenvalue weighted by atomic mass is 9.97. The smallest absolute Gasteiger partial charge is 0.417 e. The normalized spacial score (nSPS) is 11.7. The molecule has 37 heavy (non-hydrogen) atoms. The number of fused-ring (bicyclic) bond motifs is 1. The van der Waals surface area contributed by atoms with Gasteiger partial charge in [0.1, 0.15) is 0 Å². The van der Waals surface area contributed by atoms with Crippen molar-refractivity contribution in [3.8, 4) is 34.0 Å². The van der Waals surface area contributed by atoms with E-state index in [1.54, 1.807) is 43.3 Å². The summed E-state index contributed by atoms with van der Waals surface area (Å²) in [6.07, 6.45) is -2.48. The third-order valence-electron chi connectivity index (χ3n) is 6.00. The number of ether oxygens (including phenoxy) is 1. The molecule has 0 spiro atoms. The highest BCUT2D eigenvalue weighted by atomic mass is 19.4.